The number of carbonyl (C=O) groups is 1. The third-order valence-corrected chi connectivity index (χ3v) is 4.16. The second kappa shape index (κ2) is 5.53. The van der Waals surface area contributed by atoms with Gasteiger partial charge in [0.2, 0.25) is 0 Å². The molecule has 0 unspecified atom stereocenters. The van der Waals surface area contributed by atoms with Gasteiger partial charge in [0.15, 0.2) is 11.0 Å². The molecule has 0 aliphatic carbocycles. The normalized spacial score (nSPS) is 11.8. The highest BCUT2D eigenvalue weighted by atomic mass is 32.2. The van der Waals surface area contributed by atoms with Gasteiger partial charge in [-0.15, -0.1) is 21.5 Å². The Morgan fingerprint density at radius 3 is 2.65 bits per heavy atom. The maximum Gasteiger partial charge on any atom is 0.313 e. The Morgan fingerprint density at radius 2 is 2.15 bits per heavy atom. The lowest BCUT2D eigenvalue weighted by Gasteiger charge is -2.24. The highest BCUT2D eigenvalue weighted by Gasteiger charge is 2.25. The molecule has 108 valence electrons. The van der Waals surface area contributed by atoms with Crippen molar-refractivity contribution in [3.8, 4) is 11.5 Å². The van der Waals surface area contributed by atoms with Gasteiger partial charge in [0.25, 0.3) is 0 Å². The number of thiazole rings is 1. The standard InChI is InChI=1S/C12H16N4O2S2/c1-7-13-8(5-19-7)10-14-15-11(20-6-9(17)18)16(10)12(2,3)4/h5H,6H2,1-4H3,(H,17,18). The van der Waals surface area contributed by atoms with Gasteiger partial charge in [0, 0.05) is 10.9 Å². The van der Waals surface area contributed by atoms with Crippen molar-refractivity contribution >= 4 is 29.1 Å². The first-order valence-electron chi connectivity index (χ1n) is 6.02. The second-order valence-corrected chi connectivity index (χ2v) is 7.25. The van der Waals surface area contributed by atoms with Gasteiger partial charge < -0.3 is 5.11 Å². The van der Waals surface area contributed by atoms with E-state index < -0.39 is 5.97 Å². The van der Waals surface area contributed by atoms with E-state index in [0.29, 0.717) is 11.0 Å². The molecular formula is C12H16N4O2S2. The first kappa shape index (κ1) is 15.0. The minimum atomic E-state index is -0.871. The Labute approximate surface area is 125 Å². The molecule has 1 N–H and O–H groups in total. The van der Waals surface area contributed by atoms with E-state index in [9.17, 15) is 4.79 Å². The Balaban J connectivity index is 2.45. The third kappa shape index (κ3) is 3.18. The van der Waals surface area contributed by atoms with Gasteiger partial charge in [-0.25, -0.2) is 4.98 Å². The molecule has 2 aromatic rings. The van der Waals surface area contributed by atoms with E-state index in [1.54, 1.807) is 11.3 Å². The first-order valence-corrected chi connectivity index (χ1v) is 7.88. The average molecular weight is 312 g/mol. The van der Waals surface area contributed by atoms with Gasteiger partial charge in [-0.1, -0.05) is 11.8 Å². The third-order valence-electron chi connectivity index (χ3n) is 2.48. The summed E-state index contributed by atoms with van der Waals surface area (Å²) in [4.78, 5) is 15.2. The molecule has 0 spiro atoms. The van der Waals surface area contributed by atoms with E-state index in [1.807, 2.05) is 37.6 Å². The summed E-state index contributed by atoms with van der Waals surface area (Å²) in [6.07, 6.45) is 0. The van der Waals surface area contributed by atoms with E-state index >= 15 is 0 Å². The van der Waals surface area contributed by atoms with Crippen LogP contribution in [0.2, 0.25) is 0 Å². The van der Waals surface area contributed by atoms with Crippen molar-refractivity contribution in [2.75, 3.05) is 5.75 Å². The number of hydrogen-bond acceptors (Lipinski definition) is 6. The minimum Gasteiger partial charge on any atom is -0.481 e. The maximum absolute atomic E-state index is 10.7. The molecule has 0 bridgehead atoms. The fraction of sp³-hybridized carbons (Fsp3) is 0.500. The summed E-state index contributed by atoms with van der Waals surface area (Å²) in [7, 11) is 0. The van der Waals surface area contributed by atoms with E-state index in [1.165, 1.54) is 11.8 Å². The highest BCUT2D eigenvalue weighted by Crippen LogP contribution is 2.30. The fourth-order valence-corrected chi connectivity index (χ4v) is 3.16. The number of aryl methyl sites for hydroxylation is 1. The van der Waals surface area contributed by atoms with Gasteiger partial charge in [-0.05, 0) is 27.7 Å². The zero-order chi connectivity index (χ0) is 14.9. The first-order chi connectivity index (χ1) is 9.29. The number of hydrogen-bond donors (Lipinski definition) is 1. The van der Waals surface area contributed by atoms with Crippen molar-refractivity contribution in [2.45, 2.75) is 38.4 Å². The number of aromatic nitrogens is 4. The Kier molecular flexibility index (Phi) is 4.14. The van der Waals surface area contributed by atoms with Crippen molar-refractivity contribution in [3.63, 3.8) is 0 Å². The molecule has 20 heavy (non-hydrogen) atoms. The number of aliphatic carboxylic acids is 1. The summed E-state index contributed by atoms with van der Waals surface area (Å²) in [6, 6.07) is 0. The van der Waals surface area contributed by atoms with Crippen LogP contribution in [0.1, 0.15) is 25.8 Å². The number of carboxylic acids is 1. The summed E-state index contributed by atoms with van der Waals surface area (Å²) >= 11 is 2.72. The molecule has 0 aliphatic heterocycles. The molecule has 0 fully saturated rings. The average Bonchev–Trinajstić information content (AvgIpc) is 2.90. The van der Waals surface area contributed by atoms with Crippen molar-refractivity contribution in [2.24, 2.45) is 0 Å². The van der Waals surface area contributed by atoms with Crippen molar-refractivity contribution in [1.82, 2.24) is 19.7 Å². The van der Waals surface area contributed by atoms with Crippen LogP contribution in [0.5, 0.6) is 0 Å². The zero-order valence-electron chi connectivity index (χ0n) is 11.7. The Bertz CT molecular complexity index is 628. The largest absolute Gasteiger partial charge is 0.481 e. The summed E-state index contributed by atoms with van der Waals surface area (Å²) in [5, 5.41) is 20.6. The summed E-state index contributed by atoms with van der Waals surface area (Å²) in [5.74, 6) is -0.233. The van der Waals surface area contributed by atoms with Gasteiger partial charge in [-0.3, -0.25) is 9.36 Å². The monoisotopic (exact) mass is 312 g/mol. The van der Waals surface area contributed by atoms with Crippen LogP contribution in [-0.4, -0.2) is 36.6 Å². The minimum absolute atomic E-state index is 0.0374. The van der Waals surface area contributed by atoms with Crippen LogP contribution in [0.15, 0.2) is 10.5 Å². The molecular weight excluding hydrogens is 296 g/mol. The maximum atomic E-state index is 10.7. The highest BCUT2D eigenvalue weighted by molar-refractivity contribution is 7.99. The molecule has 0 aliphatic rings. The molecule has 0 saturated carbocycles. The molecule has 6 nitrogen and oxygen atoms in total. The number of thioether (sulfide) groups is 1. The summed E-state index contributed by atoms with van der Waals surface area (Å²) in [6.45, 7) is 8.03. The van der Waals surface area contributed by atoms with Gasteiger partial charge >= 0.3 is 5.97 Å². The van der Waals surface area contributed by atoms with E-state index in [0.717, 1.165) is 10.7 Å². The molecule has 0 radical (unpaired) electrons. The van der Waals surface area contributed by atoms with Crippen molar-refractivity contribution in [1.29, 1.82) is 0 Å². The van der Waals surface area contributed by atoms with Gasteiger partial charge in [0.1, 0.15) is 5.69 Å². The smallest absolute Gasteiger partial charge is 0.313 e. The van der Waals surface area contributed by atoms with E-state index in [2.05, 4.69) is 15.2 Å². The van der Waals surface area contributed by atoms with E-state index in [-0.39, 0.29) is 11.3 Å². The number of rotatable bonds is 4. The summed E-state index contributed by atoms with van der Waals surface area (Å²) < 4.78 is 1.94. The van der Waals surface area contributed by atoms with Gasteiger partial charge in [-0.2, -0.15) is 0 Å². The van der Waals surface area contributed by atoms with Crippen molar-refractivity contribution < 1.29 is 9.90 Å². The van der Waals surface area contributed by atoms with Crippen LogP contribution in [0.4, 0.5) is 0 Å². The van der Waals surface area contributed by atoms with Crippen LogP contribution in [0.3, 0.4) is 0 Å². The summed E-state index contributed by atoms with van der Waals surface area (Å²) in [5.41, 5.74) is 0.522. The van der Waals surface area contributed by atoms with E-state index in [4.69, 9.17) is 5.11 Å². The van der Waals surface area contributed by atoms with Crippen LogP contribution >= 0.6 is 23.1 Å². The Hall–Kier alpha value is -1.41. The molecule has 2 aromatic heterocycles. The van der Waals surface area contributed by atoms with Gasteiger partial charge in [0.05, 0.1) is 10.8 Å². The second-order valence-electron chi connectivity index (χ2n) is 5.25. The topological polar surface area (TPSA) is 80.9 Å². The molecule has 0 atom stereocenters. The van der Waals surface area contributed by atoms with Crippen LogP contribution < -0.4 is 0 Å². The molecule has 0 amide bonds. The number of carboxylic acid groups (broad SMARTS) is 1. The van der Waals surface area contributed by atoms with Crippen LogP contribution in [0, 0.1) is 6.92 Å². The predicted octanol–water partition coefficient (Wildman–Crippen LogP) is 2.64. The van der Waals surface area contributed by atoms with Crippen LogP contribution in [0.25, 0.3) is 11.5 Å². The molecule has 2 rings (SSSR count). The number of nitrogens with zero attached hydrogens (tertiary/aromatic N) is 4. The van der Waals surface area contributed by atoms with Crippen molar-refractivity contribution in [3.05, 3.63) is 10.4 Å². The SMILES string of the molecule is Cc1nc(-c2nnc(SCC(=O)O)n2C(C)(C)C)cs1. The van der Waals surface area contributed by atoms with Crippen LogP contribution in [-0.2, 0) is 10.3 Å². The molecule has 2 heterocycles. The molecule has 0 saturated heterocycles. The lowest BCUT2D eigenvalue weighted by atomic mass is 10.1. The molecule has 0 aromatic carbocycles. The lowest BCUT2D eigenvalue weighted by molar-refractivity contribution is -0.133. The lowest BCUT2D eigenvalue weighted by Crippen LogP contribution is -2.24. The predicted molar refractivity (Wildman–Crippen MR) is 79.2 cm³/mol. The zero-order valence-corrected chi connectivity index (χ0v) is 13.4. The fourth-order valence-electron chi connectivity index (χ4n) is 1.73. The molecule has 8 heteroatoms. The Morgan fingerprint density at radius 1 is 1.45 bits per heavy atom. The quantitative estimate of drug-likeness (QED) is 0.874.